The van der Waals surface area contributed by atoms with Gasteiger partial charge in [-0.05, 0) is 50.6 Å². The van der Waals surface area contributed by atoms with Crippen LogP contribution in [0, 0.1) is 11.6 Å². The summed E-state index contributed by atoms with van der Waals surface area (Å²) in [6.07, 6.45) is 0. The van der Waals surface area contributed by atoms with E-state index in [1.807, 2.05) is 0 Å². The summed E-state index contributed by atoms with van der Waals surface area (Å²) in [5, 5.41) is 2.72. The van der Waals surface area contributed by atoms with E-state index in [1.54, 1.807) is 13.8 Å². The van der Waals surface area contributed by atoms with Gasteiger partial charge < -0.3 is 10.2 Å². The molecule has 2 amide bonds. The number of para-hydroxylation sites is 1. The first-order valence-electron chi connectivity index (χ1n) is 10.6. The van der Waals surface area contributed by atoms with Crippen molar-refractivity contribution in [3.05, 3.63) is 65.7 Å². The molecule has 0 saturated carbocycles. The Hall–Kier alpha value is -3.05. The number of anilines is 1. The molecule has 0 unspecified atom stereocenters. The van der Waals surface area contributed by atoms with Crippen LogP contribution in [0.25, 0.3) is 0 Å². The van der Waals surface area contributed by atoms with Crippen LogP contribution in [0.2, 0.25) is 0 Å². The highest BCUT2D eigenvalue weighted by atomic mass is 32.2. The van der Waals surface area contributed by atoms with E-state index < -0.39 is 46.2 Å². The predicted molar refractivity (Wildman–Crippen MR) is 126 cm³/mol. The Balaban J connectivity index is 2.46. The van der Waals surface area contributed by atoms with E-state index in [0.717, 1.165) is 10.4 Å². The van der Waals surface area contributed by atoms with Crippen molar-refractivity contribution < 1.29 is 26.8 Å². The molecule has 2 rings (SSSR count). The van der Waals surface area contributed by atoms with Crippen molar-refractivity contribution in [3.8, 4) is 0 Å². The first-order chi connectivity index (χ1) is 15.8. The van der Waals surface area contributed by atoms with E-state index >= 15 is 0 Å². The van der Waals surface area contributed by atoms with Gasteiger partial charge in [-0.2, -0.15) is 12.7 Å². The van der Waals surface area contributed by atoms with Crippen LogP contribution in [0.1, 0.15) is 26.3 Å². The molecule has 34 heavy (non-hydrogen) atoms. The molecule has 2 aromatic rings. The van der Waals surface area contributed by atoms with E-state index in [-0.39, 0.29) is 18.3 Å². The minimum atomic E-state index is -4.26. The second kappa shape index (κ2) is 11.4. The largest absolute Gasteiger partial charge is 0.352 e. The lowest BCUT2D eigenvalue weighted by molar-refractivity contribution is -0.139. The minimum absolute atomic E-state index is 0.0844. The van der Waals surface area contributed by atoms with Crippen molar-refractivity contribution >= 4 is 27.7 Å². The zero-order chi connectivity index (χ0) is 25.6. The summed E-state index contributed by atoms with van der Waals surface area (Å²) in [5.41, 5.74) is 0.234. The second-order valence-corrected chi connectivity index (χ2v) is 10.3. The third-order valence-electron chi connectivity index (χ3n) is 5.00. The van der Waals surface area contributed by atoms with E-state index in [2.05, 4.69) is 5.32 Å². The summed E-state index contributed by atoms with van der Waals surface area (Å²) in [5.74, 6) is -2.46. The molecule has 8 nitrogen and oxygen atoms in total. The third kappa shape index (κ3) is 6.73. The van der Waals surface area contributed by atoms with Crippen molar-refractivity contribution in [1.82, 2.24) is 14.5 Å². The molecule has 0 aromatic heterocycles. The molecule has 2 aromatic carbocycles. The van der Waals surface area contributed by atoms with Crippen LogP contribution in [0.4, 0.5) is 14.5 Å². The van der Waals surface area contributed by atoms with Crippen LogP contribution in [-0.2, 0) is 26.3 Å². The molecule has 1 N–H and O–H groups in total. The maximum absolute atomic E-state index is 14.6. The maximum atomic E-state index is 14.6. The monoisotopic (exact) mass is 496 g/mol. The fourth-order valence-corrected chi connectivity index (χ4v) is 4.19. The number of benzene rings is 2. The Morgan fingerprint density at radius 3 is 2.09 bits per heavy atom. The fourth-order valence-electron chi connectivity index (χ4n) is 3.13. The molecule has 0 fully saturated rings. The highest BCUT2D eigenvalue weighted by molar-refractivity contribution is 7.90. The zero-order valence-corrected chi connectivity index (χ0v) is 20.6. The summed E-state index contributed by atoms with van der Waals surface area (Å²) in [4.78, 5) is 27.3. The molecule has 0 aliphatic carbocycles. The van der Waals surface area contributed by atoms with Crippen LogP contribution >= 0.6 is 0 Å². The van der Waals surface area contributed by atoms with Crippen molar-refractivity contribution in [2.45, 2.75) is 39.4 Å². The fraction of sp³-hybridized carbons (Fsp3) is 0.391. The van der Waals surface area contributed by atoms with Gasteiger partial charge >= 0.3 is 10.2 Å². The highest BCUT2D eigenvalue weighted by Crippen LogP contribution is 2.24. The summed E-state index contributed by atoms with van der Waals surface area (Å²) >= 11 is 0. The lowest BCUT2D eigenvalue weighted by Crippen LogP contribution is -2.53. The normalized spacial score (nSPS) is 12.5. The maximum Gasteiger partial charge on any atom is 0.304 e. The standard InChI is InChI=1S/C23H30F2N4O4S/c1-16(2)26-23(31)17(3)28(14-18-10-12-19(24)13-11-18)22(30)15-29(34(32,33)27(4)5)21-9-7-6-8-20(21)25/h6-13,16-17H,14-15H2,1-5H3,(H,26,31)/t17-/m0/s1. The molecular weight excluding hydrogens is 466 g/mol. The Labute approximate surface area is 199 Å². The van der Waals surface area contributed by atoms with Gasteiger partial charge in [-0.1, -0.05) is 24.3 Å². The van der Waals surface area contributed by atoms with Gasteiger partial charge in [0.2, 0.25) is 11.8 Å². The number of amides is 2. The number of rotatable bonds is 10. The van der Waals surface area contributed by atoms with Gasteiger partial charge in [-0.3, -0.25) is 9.59 Å². The number of hydrogen-bond acceptors (Lipinski definition) is 4. The van der Waals surface area contributed by atoms with Gasteiger partial charge in [0.05, 0.1) is 5.69 Å². The molecule has 0 radical (unpaired) electrons. The van der Waals surface area contributed by atoms with Crippen LogP contribution < -0.4 is 9.62 Å². The van der Waals surface area contributed by atoms with Gasteiger partial charge in [-0.15, -0.1) is 0 Å². The number of hydrogen-bond donors (Lipinski definition) is 1. The quantitative estimate of drug-likeness (QED) is 0.547. The first-order valence-corrected chi connectivity index (χ1v) is 12.0. The van der Waals surface area contributed by atoms with Gasteiger partial charge in [0.1, 0.15) is 24.2 Å². The minimum Gasteiger partial charge on any atom is -0.352 e. The van der Waals surface area contributed by atoms with E-state index in [0.29, 0.717) is 9.87 Å². The summed E-state index contributed by atoms with van der Waals surface area (Å²) in [6, 6.07) is 9.40. The summed E-state index contributed by atoms with van der Waals surface area (Å²) in [7, 11) is -1.72. The first kappa shape index (κ1) is 27.2. The predicted octanol–water partition coefficient (Wildman–Crippen LogP) is 2.52. The van der Waals surface area contributed by atoms with Crippen molar-refractivity contribution in [2.75, 3.05) is 24.9 Å². The van der Waals surface area contributed by atoms with Crippen molar-refractivity contribution in [2.24, 2.45) is 0 Å². The van der Waals surface area contributed by atoms with Gasteiger partial charge in [0, 0.05) is 26.7 Å². The summed E-state index contributed by atoms with van der Waals surface area (Å²) in [6.45, 7) is 4.20. The molecule has 0 saturated heterocycles. The zero-order valence-electron chi connectivity index (χ0n) is 19.8. The number of nitrogens with one attached hydrogen (secondary N) is 1. The van der Waals surface area contributed by atoms with E-state index in [1.165, 1.54) is 68.4 Å². The Bertz CT molecular complexity index is 1110. The number of carbonyl (C=O) groups excluding carboxylic acids is 2. The number of carbonyl (C=O) groups is 2. The third-order valence-corrected chi connectivity index (χ3v) is 6.81. The highest BCUT2D eigenvalue weighted by Gasteiger charge is 2.33. The lowest BCUT2D eigenvalue weighted by Gasteiger charge is -2.33. The molecular formula is C23H30F2N4O4S. The van der Waals surface area contributed by atoms with E-state index in [4.69, 9.17) is 0 Å². The van der Waals surface area contributed by atoms with Crippen LogP contribution in [0.3, 0.4) is 0 Å². The topological polar surface area (TPSA) is 90.0 Å². The number of halogens is 2. The molecule has 0 heterocycles. The summed E-state index contributed by atoms with van der Waals surface area (Å²) < 4.78 is 55.4. The molecule has 11 heteroatoms. The number of nitrogens with zero attached hydrogens (tertiary/aromatic N) is 3. The van der Waals surface area contributed by atoms with Crippen LogP contribution in [0.15, 0.2) is 48.5 Å². The Kier molecular flexibility index (Phi) is 9.11. The van der Waals surface area contributed by atoms with Crippen LogP contribution in [0.5, 0.6) is 0 Å². The molecule has 186 valence electrons. The molecule has 0 aliphatic rings. The van der Waals surface area contributed by atoms with Crippen LogP contribution in [-0.4, -0.2) is 62.2 Å². The van der Waals surface area contributed by atoms with Gasteiger partial charge in [0.15, 0.2) is 0 Å². The molecule has 1 atom stereocenters. The SMILES string of the molecule is CC(C)NC(=O)[C@H](C)N(Cc1ccc(F)cc1)C(=O)CN(c1ccccc1F)S(=O)(=O)N(C)C. The van der Waals surface area contributed by atoms with Gasteiger partial charge in [-0.25, -0.2) is 13.1 Å². The molecule has 0 spiro atoms. The molecule has 0 bridgehead atoms. The average Bonchev–Trinajstić information content (AvgIpc) is 2.76. The van der Waals surface area contributed by atoms with Gasteiger partial charge in [0.25, 0.3) is 0 Å². The second-order valence-electron chi connectivity index (χ2n) is 8.24. The lowest BCUT2D eigenvalue weighted by atomic mass is 10.1. The Morgan fingerprint density at radius 1 is 0.971 bits per heavy atom. The van der Waals surface area contributed by atoms with E-state index in [9.17, 15) is 26.8 Å². The smallest absolute Gasteiger partial charge is 0.304 e. The Morgan fingerprint density at radius 2 is 1.56 bits per heavy atom. The molecule has 0 aliphatic heterocycles. The van der Waals surface area contributed by atoms with Crippen molar-refractivity contribution in [3.63, 3.8) is 0 Å². The average molecular weight is 497 g/mol. The van der Waals surface area contributed by atoms with Crippen molar-refractivity contribution in [1.29, 1.82) is 0 Å².